The molecule has 1 N–H and O–H groups in total. The van der Waals surface area contributed by atoms with E-state index in [9.17, 15) is 14.7 Å². The maximum absolute atomic E-state index is 14.3. The number of nitrogens with zero attached hydrogens (tertiary/aromatic N) is 3. The Labute approximate surface area is 225 Å². The van der Waals surface area contributed by atoms with Gasteiger partial charge in [0.1, 0.15) is 6.04 Å². The number of benzene rings is 2. The van der Waals surface area contributed by atoms with Crippen LogP contribution >= 0.6 is 23.2 Å². The Kier molecular flexibility index (Phi) is 7.03. The average Bonchev–Trinajstić information content (AvgIpc) is 3.60. The molecule has 37 heavy (non-hydrogen) atoms. The number of carbonyl (C=O) groups is 2. The van der Waals surface area contributed by atoms with E-state index >= 15 is 0 Å². The minimum absolute atomic E-state index is 0.234. The van der Waals surface area contributed by atoms with Gasteiger partial charge in [-0.1, -0.05) is 66.5 Å². The van der Waals surface area contributed by atoms with Crippen LogP contribution in [-0.4, -0.2) is 32.0 Å². The summed E-state index contributed by atoms with van der Waals surface area (Å²) >= 11 is 12.6. The Morgan fingerprint density at radius 3 is 2.51 bits per heavy atom. The fraction of sp³-hybridized carbons (Fsp3) is 0.429. The molecule has 0 unspecified atom stereocenters. The number of aliphatic carboxylic acids is 1. The molecular formula is C28H29Cl2N3O4. The molecule has 1 amide bonds. The molecule has 4 atom stereocenters. The third kappa shape index (κ3) is 5.12. The van der Waals surface area contributed by atoms with E-state index in [4.69, 9.17) is 27.7 Å². The molecule has 194 valence electrons. The third-order valence-electron chi connectivity index (χ3n) is 7.54. The van der Waals surface area contributed by atoms with Gasteiger partial charge < -0.3 is 14.5 Å². The molecule has 1 aliphatic heterocycles. The predicted octanol–water partition coefficient (Wildman–Crippen LogP) is 6.94. The van der Waals surface area contributed by atoms with Gasteiger partial charge in [-0.05, 0) is 61.1 Å². The van der Waals surface area contributed by atoms with Crippen molar-refractivity contribution in [3.8, 4) is 0 Å². The zero-order valence-corrected chi connectivity index (χ0v) is 22.2. The van der Waals surface area contributed by atoms with Crippen LogP contribution in [-0.2, 0) is 9.59 Å². The van der Waals surface area contributed by atoms with Crippen molar-refractivity contribution >= 4 is 35.1 Å². The van der Waals surface area contributed by atoms with Crippen LogP contribution in [0.1, 0.15) is 92.7 Å². The van der Waals surface area contributed by atoms with Gasteiger partial charge in [-0.2, -0.15) is 4.98 Å². The summed E-state index contributed by atoms with van der Waals surface area (Å²) in [5.41, 5.74) is 0.676. The van der Waals surface area contributed by atoms with Crippen molar-refractivity contribution in [1.82, 2.24) is 15.0 Å². The smallest absolute Gasteiger partial charge is 0.304 e. The summed E-state index contributed by atoms with van der Waals surface area (Å²) in [6, 6.07) is 14.0. The lowest BCUT2D eigenvalue weighted by molar-refractivity contribution is -0.161. The maximum atomic E-state index is 14.3. The molecule has 3 aromatic rings. The first-order chi connectivity index (χ1) is 17.7. The Morgan fingerprint density at radius 2 is 1.89 bits per heavy atom. The minimum Gasteiger partial charge on any atom is -0.481 e. The second-order valence-electron chi connectivity index (χ2n) is 10.4. The van der Waals surface area contributed by atoms with Crippen LogP contribution in [0.4, 0.5) is 0 Å². The molecule has 2 aliphatic rings. The van der Waals surface area contributed by atoms with Crippen molar-refractivity contribution in [2.75, 3.05) is 0 Å². The molecule has 2 heterocycles. The molecule has 1 aromatic heterocycles. The highest BCUT2D eigenvalue weighted by Gasteiger charge is 2.53. The summed E-state index contributed by atoms with van der Waals surface area (Å²) in [7, 11) is 0. The summed E-state index contributed by atoms with van der Waals surface area (Å²) in [4.78, 5) is 32.8. The number of halogens is 2. The summed E-state index contributed by atoms with van der Waals surface area (Å²) in [5.74, 6) is -0.155. The van der Waals surface area contributed by atoms with E-state index < -0.39 is 23.5 Å². The Hall–Kier alpha value is -2.90. The van der Waals surface area contributed by atoms with Gasteiger partial charge >= 0.3 is 5.97 Å². The lowest BCUT2D eigenvalue weighted by atomic mass is 9.67. The van der Waals surface area contributed by atoms with Gasteiger partial charge in [0.25, 0.3) is 0 Å². The molecule has 2 aromatic carbocycles. The maximum Gasteiger partial charge on any atom is 0.304 e. The van der Waals surface area contributed by atoms with Crippen LogP contribution < -0.4 is 0 Å². The fourth-order valence-corrected chi connectivity index (χ4v) is 5.93. The van der Waals surface area contributed by atoms with Crippen LogP contribution in [0.2, 0.25) is 10.0 Å². The number of piperidine rings is 1. The summed E-state index contributed by atoms with van der Waals surface area (Å²) < 4.78 is 5.72. The van der Waals surface area contributed by atoms with Gasteiger partial charge in [-0.15, -0.1) is 0 Å². The molecule has 0 spiro atoms. The van der Waals surface area contributed by atoms with E-state index in [-0.39, 0.29) is 18.2 Å². The number of carboxylic acid groups (broad SMARTS) is 1. The lowest BCUT2D eigenvalue weighted by Crippen LogP contribution is -2.53. The van der Waals surface area contributed by atoms with E-state index in [1.54, 1.807) is 30.0 Å². The quantitative estimate of drug-likeness (QED) is 0.331. The molecule has 1 aliphatic carbocycles. The summed E-state index contributed by atoms with van der Waals surface area (Å²) in [6.45, 7) is 3.71. The minimum atomic E-state index is -1.14. The second-order valence-corrected chi connectivity index (χ2v) is 11.3. The first-order valence-electron chi connectivity index (χ1n) is 12.6. The van der Waals surface area contributed by atoms with E-state index in [1.165, 1.54) is 0 Å². The van der Waals surface area contributed by atoms with Gasteiger partial charge in [0.15, 0.2) is 5.82 Å². The number of rotatable bonds is 8. The highest BCUT2D eigenvalue weighted by Crippen LogP contribution is 2.54. The highest BCUT2D eigenvalue weighted by atomic mass is 35.5. The molecule has 9 heteroatoms. The zero-order valence-electron chi connectivity index (χ0n) is 20.7. The van der Waals surface area contributed by atoms with Crippen LogP contribution in [0.3, 0.4) is 0 Å². The monoisotopic (exact) mass is 541 g/mol. The van der Waals surface area contributed by atoms with E-state index in [2.05, 4.69) is 10.1 Å². The molecule has 0 bridgehead atoms. The number of hydrogen-bond acceptors (Lipinski definition) is 5. The topological polar surface area (TPSA) is 96.5 Å². The normalized spacial score (nSPS) is 24.8. The van der Waals surface area contributed by atoms with E-state index in [0.29, 0.717) is 40.5 Å². The van der Waals surface area contributed by atoms with E-state index in [0.717, 1.165) is 24.0 Å². The third-order valence-corrected chi connectivity index (χ3v) is 8.03. The van der Waals surface area contributed by atoms with E-state index in [1.807, 2.05) is 37.3 Å². The highest BCUT2D eigenvalue weighted by molar-refractivity contribution is 6.30. The standard InChI is InChI=1S/C28H29Cl2N3O4/c1-3-22(26-31-25(32-37-26)17-7-8-17)33-24(16-9-11-19(29)12-10-16)21(18-5-4-6-20(30)13-18)14-28(2,27(33)36)15-23(34)35/h4-6,9-13,17,21-22,24H,3,7-8,14-15H2,1-2H3,(H,34,35)/t21-,22+,24-,28-/m1/s1. The number of likely N-dealkylation sites (tertiary alicyclic amines) is 1. The zero-order chi connectivity index (χ0) is 26.3. The van der Waals surface area contributed by atoms with Crippen molar-refractivity contribution < 1.29 is 19.2 Å². The molecule has 1 saturated carbocycles. The number of carbonyl (C=O) groups excluding carboxylic acids is 1. The first-order valence-corrected chi connectivity index (χ1v) is 13.3. The van der Waals surface area contributed by atoms with Gasteiger partial charge in [0.05, 0.1) is 17.9 Å². The first kappa shape index (κ1) is 25.7. The predicted molar refractivity (Wildman–Crippen MR) is 140 cm³/mol. The molecule has 2 fully saturated rings. The number of carboxylic acids is 1. The number of hydrogen-bond donors (Lipinski definition) is 1. The molecular weight excluding hydrogens is 513 g/mol. The second kappa shape index (κ2) is 10.1. The number of aromatic nitrogens is 2. The molecule has 0 radical (unpaired) electrons. The van der Waals surface area contributed by atoms with Gasteiger partial charge in [0, 0.05) is 21.9 Å². The average molecular weight is 542 g/mol. The van der Waals surface area contributed by atoms with Crippen molar-refractivity contribution in [3.63, 3.8) is 0 Å². The SMILES string of the molecule is CC[C@@H](c1nc(C2CC2)no1)N1C(=O)[C@@](C)(CC(=O)O)C[C@H](c2cccc(Cl)c2)[C@H]1c1ccc(Cl)cc1. The fourth-order valence-electron chi connectivity index (χ4n) is 5.60. The molecule has 5 rings (SSSR count). The van der Waals surface area contributed by atoms with Crippen LogP contribution in [0.25, 0.3) is 0 Å². The van der Waals surface area contributed by atoms with Crippen LogP contribution in [0.5, 0.6) is 0 Å². The molecule has 1 saturated heterocycles. The van der Waals surface area contributed by atoms with Gasteiger partial charge in [0.2, 0.25) is 11.8 Å². The van der Waals surface area contributed by atoms with Crippen molar-refractivity contribution in [2.24, 2.45) is 5.41 Å². The van der Waals surface area contributed by atoms with Crippen molar-refractivity contribution in [1.29, 1.82) is 0 Å². The van der Waals surface area contributed by atoms with Crippen LogP contribution in [0, 0.1) is 5.41 Å². The van der Waals surface area contributed by atoms with Crippen molar-refractivity contribution in [3.05, 3.63) is 81.4 Å². The van der Waals surface area contributed by atoms with Crippen molar-refractivity contribution in [2.45, 2.75) is 69.9 Å². The lowest BCUT2D eigenvalue weighted by Gasteiger charge is -2.51. The summed E-state index contributed by atoms with van der Waals surface area (Å²) in [6.07, 6.45) is 2.63. The van der Waals surface area contributed by atoms with Gasteiger partial charge in [-0.3, -0.25) is 9.59 Å². The molecule has 7 nitrogen and oxygen atoms in total. The number of amides is 1. The summed E-state index contributed by atoms with van der Waals surface area (Å²) in [5, 5.41) is 15.1. The van der Waals surface area contributed by atoms with Crippen LogP contribution in [0.15, 0.2) is 53.1 Å². The largest absolute Gasteiger partial charge is 0.481 e. The Morgan fingerprint density at radius 1 is 1.16 bits per heavy atom. The van der Waals surface area contributed by atoms with Gasteiger partial charge in [-0.25, -0.2) is 0 Å². The Balaban J connectivity index is 1.68. The Bertz CT molecular complexity index is 1310.